The Kier molecular flexibility index (Phi) is 4.58. The first kappa shape index (κ1) is 18.1. The van der Waals surface area contributed by atoms with Crippen LogP contribution in [0, 0.1) is 13.8 Å². The number of rotatable bonds is 4. The summed E-state index contributed by atoms with van der Waals surface area (Å²) >= 11 is 0. The molecular formula is C19H20N2O4S. The summed E-state index contributed by atoms with van der Waals surface area (Å²) in [7, 11) is -3.90. The third-order valence-electron chi connectivity index (χ3n) is 4.33. The Bertz CT molecular complexity index is 1010. The minimum atomic E-state index is -3.90. The highest BCUT2D eigenvalue weighted by Crippen LogP contribution is 2.31. The number of sulfonamides is 1. The minimum absolute atomic E-state index is 0.107. The largest absolute Gasteiger partial charge is 0.322 e. The maximum absolute atomic E-state index is 12.6. The zero-order valence-corrected chi connectivity index (χ0v) is 15.7. The molecule has 1 aliphatic rings. The van der Waals surface area contributed by atoms with E-state index in [1.807, 2.05) is 26.0 Å². The van der Waals surface area contributed by atoms with Crippen LogP contribution in [0.5, 0.6) is 0 Å². The molecular weight excluding hydrogens is 352 g/mol. The van der Waals surface area contributed by atoms with E-state index in [9.17, 15) is 18.0 Å². The van der Waals surface area contributed by atoms with E-state index >= 15 is 0 Å². The van der Waals surface area contributed by atoms with Crippen LogP contribution in [0.4, 0.5) is 5.69 Å². The van der Waals surface area contributed by atoms with E-state index in [0.29, 0.717) is 12.1 Å². The van der Waals surface area contributed by atoms with Gasteiger partial charge in [0.15, 0.2) is 0 Å². The van der Waals surface area contributed by atoms with Gasteiger partial charge in [-0.1, -0.05) is 24.6 Å². The Morgan fingerprint density at radius 1 is 1.12 bits per heavy atom. The topological polar surface area (TPSA) is 83.6 Å². The first-order valence-electron chi connectivity index (χ1n) is 8.35. The van der Waals surface area contributed by atoms with Gasteiger partial charge in [-0.25, -0.2) is 12.7 Å². The molecule has 0 spiro atoms. The lowest BCUT2D eigenvalue weighted by atomic mass is 10.1. The molecule has 2 amide bonds. The number of anilines is 1. The van der Waals surface area contributed by atoms with Crippen LogP contribution in [-0.4, -0.2) is 31.1 Å². The van der Waals surface area contributed by atoms with Crippen LogP contribution in [0.2, 0.25) is 0 Å². The molecule has 0 fully saturated rings. The van der Waals surface area contributed by atoms with Crippen LogP contribution in [0.1, 0.15) is 45.2 Å². The van der Waals surface area contributed by atoms with Gasteiger partial charge in [0.1, 0.15) is 4.90 Å². The number of nitrogens with zero attached hydrogens (tertiary/aromatic N) is 1. The van der Waals surface area contributed by atoms with Crippen molar-refractivity contribution in [3.8, 4) is 0 Å². The summed E-state index contributed by atoms with van der Waals surface area (Å²) in [6.07, 6.45) is 0.527. The fourth-order valence-corrected chi connectivity index (χ4v) is 4.68. The number of nitrogens with one attached hydrogen (secondary N) is 1. The van der Waals surface area contributed by atoms with Gasteiger partial charge in [-0.05, 0) is 50.1 Å². The summed E-state index contributed by atoms with van der Waals surface area (Å²) in [5.74, 6) is -0.959. The molecule has 0 saturated heterocycles. The SMILES string of the molecule is CCCN1C(=O)c2ccc(C(=O)Nc3ccc(C)cc3C)cc2S1(=O)=O. The third kappa shape index (κ3) is 2.99. The van der Waals surface area contributed by atoms with Gasteiger partial charge in [-0.3, -0.25) is 9.59 Å². The van der Waals surface area contributed by atoms with Crippen LogP contribution in [-0.2, 0) is 10.0 Å². The highest BCUT2D eigenvalue weighted by molar-refractivity contribution is 7.90. The highest BCUT2D eigenvalue weighted by atomic mass is 32.2. The lowest BCUT2D eigenvalue weighted by Crippen LogP contribution is -2.30. The van der Waals surface area contributed by atoms with E-state index in [1.165, 1.54) is 18.2 Å². The first-order valence-corrected chi connectivity index (χ1v) is 9.79. The van der Waals surface area contributed by atoms with Crippen LogP contribution < -0.4 is 5.32 Å². The number of benzene rings is 2. The Morgan fingerprint density at radius 2 is 1.85 bits per heavy atom. The van der Waals surface area contributed by atoms with Gasteiger partial charge in [0.05, 0.1) is 5.56 Å². The van der Waals surface area contributed by atoms with Gasteiger partial charge in [-0.2, -0.15) is 0 Å². The normalized spacial score (nSPS) is 15.0. The molecule has 0 aliphatic carbocycles. The molecule has 1 heterocycles. The number of carbonyl (C=O) groups is 2. The van der Waals surface area contributed by atoms with Crippen molar-refractivity contribution in [3.63, 3.8) is 0 Å². The van der Waals surface area contributed by atoms with Crippen molar-refractivity contribution in [3.05, 3.63) is 58.7 Å². The molecule has 2 aromatic carbocycles. The highest BCUT2D eigenvalue weighted by Gasteiger charge is 2.40. The van der Waals surface area contributed by atoms with E-state index in [4.69, 9.17) is 0 Å². The Labute approximate surface area is 152 Å². The van der Waals surface area contributed by atoms with Gasteiger partial charge in [0.2, 0.25) is 0 Å². The maximum atomic E-state index is 12.6. The van der Waals surface area contributed by atoms with E-state index in [0.717, 1.165) is 15.4 Å². The fourth-order valence-electron chi connectivity index (χ4n) is 2.99. The molecule has 2 aromatic rings. The second-order valence-corrected chi connectivity index (χ2v) is 8.20. The summed E-state index contributed by atoms with van der Waals surface area (Å²) in [6, 6.07) is 9.79. The fraction of sp³-hybridized carbons (Fsp3) is 0.263. The molecule has 0 bridgehead atoms. The second-order valence-electron chi connectivity index (χ2n) is 6.37. The molecule has 0 radical (unpaired) electrons. The number of hydrogen-bond donors (Lipinski definition) is 1. The molecule has 0 atom stereocenters. The van der Waals surface area contributed by atoms with Crippen molar-refractivity contribution < 1.29 is 18.0 Å². The van der Waals surface area contributed by atoms with Crippen molar-refractivity contribution in [2.24, 2.45) is 0 Å². The standard InChI is InChI=1S/C19H20N2O4S/c1-4-9-21-19(23)15-7-6-14(11-17(15)26(21,24)25)18(22)20-16-8-5-12(2)10-13(16)3/h5-8,10-11H,4,9H2,1-3H3,(H,20,22). The van der Waals surface area contributed by atoms with Crippen LogP contribution in [0.25, 0.3) is 0 Å². The van der Waals surface area contributed by atoms with Crippen LogP contribution in [0.3, 0.4) is 0 Å². The zero-order valence-electron chi connectivity index (χ0n) is 14.9. The maximum Gasteiger partial charge on any atom is 0.269 e. The molecule has 26 heavy (non-hydrogen) atoms. The third-order valence-corrected chi connectivity index (χ3v) is 6.15. The Balaban J connectivity index is 1.94. The summed E-state index contributed by atoms with van der Waals surface area (Å²) in [4.78, 5) is 24.7. The van der Waals surface area contributed by atoms with Crippen LogP contribution >= 0.6 is 0 Å². The smallest absolute Gasteiger partial charge is 0.269 e. The molecule has 3 rings (SSSR count). The molecule has 0 unspecified atom stereocenters. The quantitative estimate of drug-likeness (QED) is 0.894. The average Bonchev–Trinajstić information content (AvgIpc) is 2.78. The van der Waals surface area contributed by atoms with E-state index in [1.54, 1.807) is 13.0 Å². The number of hydrogen-bond acceptors (Lipinski definition) is 4. The van der Waals surface area contributed by atoms with Gasteiger partial charge < -0.3 is 5.32 Å². The Hall–Kier alpha value is -2.67. The number of aryl methyl sites for hydroxylation is 2. The minimum Gasteiger partial charge on any atom is -0.322 e. The summed E-state index contributed by atoms with van der Waals surface area (Å²) in [5.41, 5.74) is 2.96. The Morgan fingerprint density at radius 3 is 2.50 bits per heavy atom. The monoisotopic (exact) mass is 372 g/mol. The molecule has 7 heteroatoms. The first-order chi connectivity index (χ1) is 12.3. The zero-order chi connectivity index (χ0) is 19.1. The van der Waals surface area contributed by atoms with Gasteiger partial charge >= 0.3 is 0 Å². The van der Waals surface area contributed by atoms with Crippen molar-refractivity contribution in [2.75, 3.05) is 11.9 Å². The van der Waals surface area contributed by atoms with Crippen molar-refractivity contribution in [2.45, 2.75) is 32.1 Å². The van der Waals surface area contributed by atoms with E-state index in [-0.39, 0.29) is 22.6 Å². The average molecular weight is 372 g/mol. The van der Waals surface area contributed by atoms with Crippen molar-refractivity contribution in [1.82, 2.24) is 4.31 Å². The molecule has 1 aliphatic heterocycles. The van der Waals surface area contributed by atoms with Gasteiger partial charge in [-0.15, -0.1) is 0 Å². The number of amides is 2. The van der Waals surface area contributed by atoms with Gasteiger partial charge in [0, 0.05) is 17.8 Å². The summed E-state index contributed by atoms with van der Waals surface area (Å²) < 4.78 is 26.0. The van der Waals surface area contributed by atoms with Crippen molar-refractivity contribution >= 4 is 27.5 Å². The second kappa shape index (κ2) is 6.57. The molecule has 6 nitrogen and oxygen atoms in total. The molecule has 0 saturated carbocycles. The molecule has 0 aromatic heterocycles. The van der Waals surface area contributed by atoms with E-state index < -0.39 is 21.8 Å². The molecule has 136 valence electrons. The summed E-state index contributed by atoms with van der Waals surface area (Å²) in [6.45, 7) is 5.77. The van der Waals surface area contributed by atoms with Gasteiger partial charge in [0.25, 0.3) is 21.8 Å². The predicted molar refractivity (Wildman–Crippen MR) is 98.8 cm³/mol. The predicted octanol–water partition coefficient (Wildman–Crippen LogP) is 3.11. The van der Waals surface area contributed by atoms with Crippen molar-refractivity contribution in [1.29, 1.82) is 0 Å². The summed E-state index contributed by atoms with van der Waals surface area (Å²) in [5, 5.41) is 2.79. The van der Waals surface area contributed by atoms with Crippen LogP contribution in [0.15, 0.2) is 41.3 Å². The molecule has 1 N–H and O–H groups in total. The lowest BCUT2D eigenvalue weighted by Gasteiger charge is -2.13. The van der Waals surface area contributed by atoms with E-state index in [2.05, 4.69) is 5.32 Å². The lowest BCUT2D eigenvalue weighted by molar-refractivity contribution is 0.0870. The number of fused-ring (bicyclic) bond motifs is 1. The number of carbonyl (C=O) groups excluding carboxylic acids is 2.